The molecule has 0 radical (unpaired) electrons. The molecule has 1 atom stereocenters. The lowest BCUT2D eigenvalue weighted by Crippen LogP contribution is -2.48. The highest BCUT2D eigenvalue weighted by atomic mass is 32.1. The molecule has 5 heteroatoms. The standard InChI is InChI=1S/C14H27NOSSi2/c1-18(2,3)16-14(17)12-7-8-13(11-12)15-9-6-10-19(15,4)5/h7,13H,6,8-11H2,1-5H3. The van der Waals surface area contributed by atoms with Gasteiger partial charge in [0.05, 0.1) is 0 Å². The van der Waals surface area contributed by atoms with E-state index in [1.165, 1.54) is 31.0 Å². The molecule has 0 amide bonds. The second kappa shape index (κ2) is 5.43. The lowest BCUT2D eigenvalue weighted by atomic mass is 10.2. The molecule has 1 heterocycles. The van der Waals surface area contributed by atoms with Crippen molar-refractivity contribution in [2.75, 3.05) is 6.54 Å². The highest BCUT2D eigenvalue weighted by Gasteiger charge is 2.40. The fourth-order valence-electron chi connectivity index (χ4n) is 3.25. The molecule has 1 aliphatic heterocycles. The Morgan fingerprint density at radius 3 is 2.63 bits per heavy atom. The molecule has 108 valence electrons. The van der Waals surface area contributed by atoms with Crippen LogP contribution in [0.15, 0.2) is 11.6 Å². The number of thiocarbonyl (C=S) groups is 1. The van der Waals surface area contributed by atoms with Crippen LogP contribution in [0.25, 0.3) is 0 Å². The molecule has 0 N–H and O–H groups in total. The molecule has 1 saturated heterocycles. The first-order chi connectivity index (χ1) is 8.69. The Kier molecular flexibility index (Phi) is 4.40. The van der Waals surface area contributed by atoms with Crippen LogP contribution in [-0.2, 0) is 4.43 Å². The second-order valence-electron chi connectivity index (χ2n) is 7.43. The molecule has 19 heavy (non-hydrogen) atoms. The first kappa shape index (κ1) is 15.4. The van der Waals surface area contributed by atoms with Crippen molar-refractivity contribution in [3.05, 3.63) is 11.6 Å². The van der Waals surface area contributed by atoms with Gasteiger partial charge in [-0.15, -0.1) is 0 Å². The molecule has 1 unspecified atom stereocenters. The van der Waals surface area contributed by atoms with Gasteiger partial charge in [0, 0.05) is 11.6 Å². The summed E-state index contributed by atoms with van der Waals surface area (Å²) >= 11 is 5.48. The van der Waals surface area contributed by atoms with Crippen molar-refractivity contribution in [3.8, 4) is 0 Å². The molecule has 0 aromatic heterocycles. The van der Waals surface area contributed by atoms with Crippen molar-refractivity contribution in [1.82, 2.24) is 4.57 Å². The first-order valence-corrected chi connectivity index (χ1v) is 14.4. The van der Waals surface area contributed by atoms with Gasteiger partial charge in [-0.2, -0.15) is 0 Å². The van der Waals surface area contributed by atoms with E-state index in [9.17, 15) is 0 Å². The maximum Gasteiger partial charge on any atom is 0.243 e. The van der Waals surface area contributed by atoms with Crippen LogP contribution >= 0.6 is 12.2 Å². The first-order valence-electron chi connectivity index (χ1n) is 7.38. The van der Waals surface area contributed by atoms with Gasteiger partial charge in [0.15, 0.2) is 5.05 Å². The summed E-state index contributed by atoms with van der Waals surface area (Å²) in [5, 5.41) is 0.778. The van der Waals surface area contributed by atoms with E-state index in [1.54, 1.807) is 0 Å². The van der Waals surface area contributed by atoms with E-state index in [-0.39, 0.29) is 0 Å². The molecule has 2 rings (SSSR count). The summed E-state index contributed by atoms with van der Waals surface area (Å²) in [5.41, 5.74) is 1.29. The molecular formula is C14H27NOSSi2. The third kappa shape index (κ3) is 3.77. The Balaban J connectivity index is 1.94. The molecule has 2 nitrogen and oxygen atoms in total. The zero-order valence-corrected chi connectivity index (χ0v) is 15.8. The molecule has 1 fully saturated rings. The number of nitrogens with zero attached hydrogens (tertiary/aromatic N) is 1. The Labute approximate surface area is 125 Å². The summed E-state index contributed by atoms with van der Waals surface area (Å²) in [6.45, 7) is 12.9. The van der Waals surface area contributed by atoms with Crippen molar-refractivity contribution in [2.45, 2.75) is 64.1 Å². The van der Waals surface area contributed by atoms with Crippen molar-refractivity contribution in [3.63, 3.8) is 0 Å². The number of rotatable bonds is 3. The Morgan fingerprint density at radius 2 is 2.11 bits per heavy atom. The zero-order valence-electron chi connectivity index (χ0n) is 13.0. The van der Waals surface area contributed by atoms with Crippen LogP contribution in [-0.4, -0.2) is 38.8 Å². The largest absolute Gasteiger partial charge is 0.537 e. The minimum absolute atomic E-state index is 0.697. The van der Waals surface area contributed by atoms with Gasteiger partial charge in [-0.25, -0.2) is 0 Å². The predicted octanol–water partition coefficient (Wildman–Crippen LogP) is 4.16. The van der Waals surface area contributed by atoms with Crippen LogP contribution in [0, 0.1) is 0 Å². The minimum atomic E-state index is -1.56. The van der Waals surface area contributed by atoms with Crippen LogP contribution in [0.1, 0.15) is 19.3 Å². The smallest absolute Gasteiger partial charge is 0.243 e. The van der Waals surface area contributed by atoms with Gasteiger partial charge in [0.2, 0.25) is 8.32 Å². The fourth-order valence-corrected chi connectivity index (χ4v) is 8.11. The van der Waals surface area contributed by atoms with Crippen molar-refractivity contribution in [1.29, 1.82) is 0 Å². The molecule has 0 saturated carbocycles. The highest BCUT2D eigenvalue weighted by Crippen LogP contribution is 2.34. The van der Waals surface area contributed by atoms with Gasteiger partial charge in [0.1, 0.15) is 8.24 Å². The summed E-state index contributed by atoms with van der Waals surface area (Å²) in [6.07, 6.45) is 6.00. The van der Waals surface area contributed by atoms with Gasteiger partial charge in [-0.3, -0.25) is 0 Å². The van der Waals surface area contributed by atoms with Crippen LogP contribution < -0.4 is 0 Å². The lowest BCUT2D eigenvalue weighted by Gasteiger charge is -2.35. The zero-order chi connectivity index (χ0) is 14.3. The van der Waals surface area contributed by atoms with Crippen LogP contribution in [0.4, 0.5) is 0 Å². The van der Waals surface area contributed by atoms with Crippen molar-refractivity contribution in [2.24, 2.45) is 0 Å². The summed E-state index contributed by atoms with van der Waals surface area (Å²) in [4.78, 5) is 0. The number of hydrogen-bond acceptors (Lipinski definition) is 3. The lowest BCUT2D eigenvalue weighted by molar-refractivity contribution is 0.348. The summed E-state index contributed by atoms with van der Waals surface area (Å²) in [7, 11) is -2.68. The minimum Gasteiger partial charge on any atom is -0.537 e. The molecule has 0 aromatic carbocycles. The third-order valence-electron chi connectivity index (χ3n) is 4.16. The summed E-state index contributed by atoms with van der Waals surface area (Å²) in [5.74, 6) is 0. The van der Waals surface area contributed by atoms with E-state index >= 15 is 0 Å². The van der Waals surface area contributed by atoms with E-state index in [2.05, 4.69) is 43.4 Å². The quantitative estimate of drug-likeness (QED) is 0.573. The Hall–Kier alpha value is 0.0238. The van der Waals surface area contributed by atoms with Crippen molar-refractivity contribution < 1.29 is 4.43 Å². The van der Waals surface area contributed by atoms with Gasteiger partial charge < -0.3 is 8.99 Å². The fraction of sp³-hybridized carbons (Fsp3) is 0.786. The maximum absolute atomic E-state index is 5.98. The average molecular weight is 314 g/mol. The Morgan fingerprint density at radius 1 is 1.42 bits per heavy atom. The van der Waals surface area contributed by atoms with E-state index in [0.717, 1.165) is 11.5 Å². The van der Waals surface area contributed by atoms with E-state index in [1.807, 2.05) is 0 Å². The predicted molar refractivity (Wildman–Crippen MR) is 91.7 cm³/mol. The summed E-state index contributed by atoms with van der Waals surface area (Å²) < 4.78 is 8.79. The second-order valence-corrected chi connectivity index (χ2v) is 16.9. The highest BCUT2D eigenvalue weighted by molar-refractivity contribution is 7.80. The monoisotopic (exact) mass is 313 g/mol. The van der Waals surface area contributed by atoms with E-state index in [4.69, 9.17) is 16.6 Å². The maximum atomic E-state index is 5.98. The van der Waals surface area contributed by atoms with Crippen LogP contribution in [0.2, 0.25) is 38.8 Å². The summed E-state index contributed by atoms with van der Waals surface area (Å²) in [6, 6.07) is 2.15. The van der Waals surface area contributed by atoms with Gasteiger partial charge >= 0.3 is 0 Å². The third-order valence-corrected chi connectivity index (χ3v) is 9.19. The SMILES string of the molecule is C[Si](C)(C)OC(=S)C1=CCC(N2CCC[Si]2(C)C)C1. The topological polar surface area (TPSA) is 12.5 Å². The molecule has 1 aliphatic carbocycles. The normalized spacial score (nSPS) is 27.4. The van der Waals surface area contributed by atoms with Crippen LogP contribution in [0.5, 0.6) is 0 Å². The van der Waals surface area contributed by atoms with Crippen LogP contribution in [0.3, 0.4) is 0 Å². The van der Waals surface area contributed by atoms with Crippen molar-refractivity contribution >= 4 is 33.8 Å². The van der Waals surface area contributed by atoms with Gasteiger partial charge in [-0.05, 0) is 63.7 Å². The average Bonchev–Trinajstić information content (AvgIpc) is 2.80. The Bertz CT molecular complexity index is 401. The van der Waals surface area contributed by atoms with E-state index < -0.39 is 16.6 Å². The number of hydrogen-bond donors (Lipinski definition) is 0. The molecule has 2 aliphatic rings. The van der Waals surface area contributed by atoms with Gasteiger partial charge in [0.25, 0.3) is 0 Å². The molecule has 0 spiro atoms. The molecule has 0 aromatic rings. The molecule has 0 bridgehead atoms. The molecular weight excluding hydrogens is 286 g/mol. The van der Waals surface area contributed by atoms with E-state index in [0.29, 0.717) is 6.04 Å². The van der Waals surface area contributed by atoms with Gasteiger partial charge in [-0.1, -0.05) is 19.2 Å².